The van der Waals surface area contributed by atoms with Gasteiger partial charge in [0.25, 0.3) is 0 Å². The lowest BCUT2D eigenvalue weighted by atomic mass is 10.1. The Morgan fingerprint density at radius 3 is 2.13 bits per heavy atom. The SMILES string of the molecule is C[C@H]([NH3+])P(=O)([O-])C[C@H](CC(=O)[O-])C(=O)[O-]. The highest BCUT2D eigenvalue weighted by molar-refractivity contribution is 7.57. The second-order valence-corrected chi connectivity index (χ2v) is 6.05. The first-order valence-electron chi connectivity index (χ1n) is 4.20. The van der Waals surface area contributed by atoms with E-state index in [0.29, 0.717) is 0 Å². The van der Waals surface area contributed by atoms with Crippen LogP contribution in [0.15, 0.2) is 0 Å². The molecule has 3 atom stereocenters. The second-order valence-electron chi connectivity index (χ2n) is 3.35. The minimum atomic E-state index is -4.00. The Balaban J connectivity index is 4.62. The van der Waals surface area contributed by atoms with Gasteiger partial charge in [0.1, 0.15) is 5.78 Å². The van der Waals surface area contributed by atoms with Gasteiger partial charge in [-0.15, -0.1) is 0 Å². The van der Waals surface area contributed by atoms with Crippen LogP contribution in [0.2, 0.25) is 0 Å². The number of carbonyl (C=O) groups excluding carboxylic acids is 2. The van der Waals surface area contributed by atoms with E-state index < -0.39 is 43.6 Å². The van der Waals surface area contributed by atoms with E-state index >= 15 is 0 Å². The van der Waals surface area contributed by atoms with Crippen LogP contribution in [0.4, 0.5) is 0 Å². The van der Waals surface area contributed by atoms with Gasteiger partial charge in [-0.05, 0) is 13.3 Å². The summed E-state index contributed by atoms with van der Waals surface area (Å²) in [6, 6.07) is 0. The Labute approximate surface area is 86.4 Å². The van der Waals surface area contributed by atoms with Crippen molar-refractivity contribution in [2.75, 3.05) is 6.16 Å². The molecule has 0 amide bonds. The third-order valence-corrected chi connectivity index (χ3v) is 4.19. The monoisotopic (exact) mass is 237 g/mol. The number of hydrogen-bond donors (Lipinski definition) is 1. The molecule has 0 aliphatic carbocycles. The minimum absolute atomic E-state index is 0.770. The van der Waals surface area contributed by atoms with Crippen LogP contribution in [0.3, 0.4) is 0 Å². The van der Waals surface area contributed by atoms with Crippen LogP contribution in [-0.4, -0.2) is 23.9 Å². The number of rotatable bonds is 6. The molecule has 0 heterocycles. The molecule has 0 aromatic heterocycles. The fraction of sp³-hybridized carbons (Fsp3) is 0.714. The predicted molar refractivity (Wildman–Crippen MR) is 42.9 cm³/mol. The molecule has 0 saturated heterocycles. The van der Waals surface area contributed by atoms with Crippen molar-refractivity contribution in [2.45, 2.75) is 19.1 Å². The maximum absolute atomic E-state index is 11.3. The molecule has 0 spiro atoms. The van der Waals surface area contributed by atoms with Crippen LogP contribution in [-0.2, 0) is 14.2 Å². The Hall–Kier alpha value is -0.910. The van der Waals surface area contributed by atoms with E-state index in [4.69, 9.17) is 0 Å². The zero-order valence-corrected chi connectivity index (χ0v) is 9.07. The molecule has 3 N–H and O–H groups in total. The number of carbonyl (C=O) groups is 2. The van der Waals surface area contributed by atoms with Gasteiger partial charge in [-0.2, -0.15) is 0 Å². The predicted octanol–water partition coefficient (Wildman–Crippen LogP) is -4.28. The second kappa shape index (κ2) is 5.25. The topological polar surface area (TPSA) is 148 Å². The first kappa shape index (κ1) is 14.1. The van der Waals surface area contributed by atoms with Gasteiger partial charge in [-0.25, -0.2) is 0 Å². The minimum Gasteiger partial charge on any atom is -0.795 e. The number of aliphatic carboxylic acids is 2. The lowest BCUT2D eigenvalue weighted by molar-refractivity contribution is -0.396. The van der Waals surface area contributed by atoms with E-state index in [0.717, 1.165) is 0 Å². The van der Waals surface area contributed by atoms with Gasteiger partial charge in [-0.3, -0.25) is 0 Å². The number of hydrogen-bond acceptors (Lipinski definition) is 6. The van der Waals surface area contributed by atoms with Crippen molar-refractivity contribution >= 4 is 19.3 Å². The van der Waals surface area contributed by atoms with E-state index in [1.54, 1.807) is 0 Å². The molecule has 0 aliphatic rings. The summed E-state index contributed by atoms with van der Waals surface area (Å²) in [7, 11) is -4.00. The fourth-order valence-corrected chi connectivity index (χ4v) is 2.16. The van der Waals surface area contributed by atoms with E-state index in [1.807, 2.05) is 0 Å². The molecule has 8 heteroatoms. The molecule has 15 heavy (non-hydrogen) atoms. The van der Waals surface area contributed by atoms with Gasteiger partial charge >= 0.3 is 0 Å². The van der Waals surface area contributed by atoms with Gasteiger partial charge in [0, 0.05) is 24.0 Å². The van der Waals surface area contributed by atoms with Crippen LogP contribution in [0, 0.1) is 5.92 Å². The van der Waals surface area contributed by atoms with Crippen molar-refractivity contribution in [1.82, 2.24) is 0 Å². The van der Waals surface area contributed by atoms with Crippen LogP contribution in [0.5, 0.6) is 0 Å². The van der Waals surface area contributed by atoms with Gasteiger partial charge in [0.2, 0.25) is 0 Å². The third kappa shape index (κ3) is 4.92. The standard InChI is InChI=1S/C7H14NO6P/c1-4(8)15(13,14)3-5(7(11)12)2-6(9)10/h4-5H,2-3,8H2,1H3,(H,9,10)(H,11,12)(H,13,14)/p-2/t4-,5+/m1/s1. The highest BCUT2D eigenvalue weighted by atomic mass is 31.2. The molecule has 7 nitrogen and oxygen atoms in total. The van der Waals surface area contributed by atoms with E-state index in [-0.39, 0.29) is 0 Å². The highest BCUT2D eigenvalue weighted by Crippen LogP contribution is 2.40. The van der Waals surface area contributed by atoms with Crippen molar-refractivity contribution in [1.29, 1.82) is 0 Å². The Morgan fingerprint density at radius 1 is 1.40 bits per heavy atom. The lowest BCUT2D eigenvalue weighted by Gasteiger charge is -2.29. The maximum atomic E-state index is 11.3. The molecule has 0 fully saturated rings. The molecular formula is C7H12NO6P-2. The summed E-state index contributed by atoms with van der Waals surface area (Å²) >= 11 is 0. The zero-order valence-electron chi connectivity index (χ0n) is 8.17. The molecule has 88 valence electrons. The van der Waals surface area contributed by atoms with Crippen LogP contribution in [0.1, 0.15) is 13.3 Å². The molecule has 0 aromatic rings. The summed E-state index contributed by atoms with van der Waals surface area (Å²) in [5.74, 6) is -5.89. The molecule has 1 unspecified atom stereocenters. The largest absolute Gasteiger partial charge is 0.795 e. The average Bonchev–Trinajstić information content (AvgIpc) is 2.01. The van der Waals surface area contributed by atoms with Crippen LogP contribution in [0.25, 0.3) is 0 Å². The summed E-state index contributed by atoms with van der Waals surface area (Å²) < 4.78 is 11.3. The third-order valence-electron chi connectivity index (χ3n) is 1.89. The number of carboxylic acid groups (broad SMARTS) is 2. The Bertz CT molecular complexity index is 302. The van der Waals surface area contributed by atoms with Crippen molar-refractivity contribution in [3.8, 4) is 0 Å². The molecule has 0 bridgehead atoms. The van der Waals surface area contributed by atoms with E-state index in [1.165, 1.54) is 6.92 Å². The fourth-order valence-electron chi connectivity index (χ4n) is 0.911. The van der Waals surface area contributed by atoms with Gasteiger partial charge < -0.3 is 35.0 Å². The molecule has 0 radical (unpaired) electrons. The molecule has 0 aromatic carbocycles. The molecule has 0 rings (SSSR count). The molecular weight excluding hydrogens is 225 g/mol. The average molecular weight is 237 g/mol. The quantitative estimate of drug-likeness (QED) is 0.462. The van der Waals surface area contributed by atoms with Gasteiger partial charge in [0.05, 0.1) is 7.37 Å². The number of carboxylic acids is 2. The van der Waals surface area contributed by atoms with Gasteiger partial charge in [0.15, 0.2) is 0 Å². The van der Waals surface area contributed by atoms with Gasteiger partial charge in [-0.1, -0.05) is 0 Å². The lowest BCUT2D eigenvalue weighted by Crippen LogP contribution is -2.60. The van der Waals surface area contributed by atoms with Crippen molar-refractivity contribution in [3.63, 3.8) is 0 Å². The first-order valence-corrected chi connectivity index (χ1v) is 6.08. The number of quaternary nitrogens is 1. The smallest absolute Gasteiger partial charge is 0.121 e. The summed E-state index contributed by atoms with van der Waals surface area (Å²) in [6.45, 7) is 1.29. The summed E-state index contributed by atoms with van der Waals surface area (Å²) in [5.41, 5.74) is 3.25. The van der Waals surface area contributed by atoms with E-state index in [2.05, 4.69) is 5.73 Å². The first-order chi connectivity index (χ1) is 6.66. The maximum Gasteiger partial charge on any atom is 0.121 e. The Morgan fingerprint density at radius 2 is 1.87 bits per heavy atom. The Kier molecular flexibility index (Phi) is 4.93. The van der Waals surface area contributed by atoms with Crippen molar-refractivity contribution < 1.29 is 35.0 Å². The zero-order chi connectivity index (χ0) is 12.2. The summed E-state index contributed by atoms with van der Waals surface area (Å²) in [5, 5.41) is 20.6. The highest BCUT2D eigenvalue weighted by Gasteiger charge is 2.23. The van der Waals surface area contributed by atoms with Crippen LogP contribution >= 0.6 is 7.37 Å². The summed E-state index contributed by atoms with van der Waals surface area (Å²) in [4.78, 5) is 31.9. The van der Waals surface area contributed by atoms with Crippen molar-refractivity contribution in [3.05, 3.63) is 0 Å². The molecule has 0 saturated carbocycles. The normalized spacial score (nSPS) is 18.9. The molecule has 0 aliphatic heterocycles. The van der Waals surface area contributed by atoms with Crippen LogP contribution < -0.4 is 20.8 Å². The van der Waals surface area contributed by atoms with Crippen molar-refractivity contribution in [2.24, 2.45) is 5.92 Å². The van der Waals surface area contributed by atoms with E-state index in [9.17, 15) is 29.3 Å². The summed E-state index contributed by atoms with van der Waals surface area (Å²) in [6.07, 6.45) is -1.64.